The minimum Gasteiger partial charge on any atom is -0.459 e. The molecule has 0 unspecified atom stereocenters. The molecule has 24 heavy (non-hydrogen) atoms. The van der Waals surface area contributed by atoms with Crippen LogP contribution in [0.25, 0.3) is 11.1 Å². The summed E-state index contributed by atoms with van der Waals surface area (Å²) in [5, 5.41) is 0. The van der Waals surface area contributed by atoms with Gasteiger partial charge < -0.3 is 4.74 Å². The number of carbonyl (C=O) groups is 1. The van der Waals surface area contributed by atoms with Crippen LogP contribution in [0, 0.1) is 0 Å². The zero-order chi connectivity index (χ0) is 17.2. The van der Waals surface area contributed by atoms with Crippen molar-refractivity contribution < 1.29 is 9.53 Å². The number of benzene rings is 2. The molecule has 0 aromatic heterocycles. The first kappa shape index (κ1) is 18.3. The van der Waals surface area contributed by atoms with Gasteiger partial charge in [-0.3, -0.25) is 0 Å². The highest BCUT2D eigenvalue weighted by molar-refractivity contribution is 5.90. The predicted octanol–water partition coefficient (Wildman–Crippen LogP) is 6.26. The topological polar surface area (TPSA) is 26.3 Å². The summed E-state index contributed by atoms with van der Waals surface area (Å²) in [7, 11) is 0. The van der Waals surface area contributed by atoms with Crippen molar-refractivity contribution in [3.8, 4) is 11.1 Å². The Morgan fingerprint density at radius 1 is 0.875 bits per heavy atom. The zero-order valence-corrected chi connectivity index (χ0v) is 14.8. The smallest absolute Gasteiger partial charge is 0.338 e. The van der Waals surface area contributed by atoms with Crippen LogP contribution in [0.3, 0.4) is 0 Å². The summed E-state index contributed by atoms with van der Waals surface area (Å²) in [6, 6.07) is 17.8. The van der Waals surface area contributed by atoms with Gasteiger partial charge in [0.15, 0.2) is 0 Å². The molecule has 2 heteroatoms. The van der Waals surface area contributed by atoms with Gasteiger partial charge >= 0.3 is 5.97 Å². The Morgan fingerprint density at radius 2 is 1.50 bits per heavy atom. The van der Waals surface area contributed by atoms with E-state index in [0.29, 0.717) is 5.56 Å². The molecule has 2 aromatic carbocycles. The van der Waals surface area contributed by atoms with Gasteiger partial charge in [-0.2, -0.15) is 0 Å². The molecule has 0 radical (unpaired) electrons. The number of hydrogen-bond acceptors (Lipinski definition) is 2. The number of hydrogen-bond donors (Lipinski definition) is 0. The van der Waals surface area contributed by atoms with Gasteiger partial charge in [0.25, 0.3) is 0 Å². The Balaban J connectivity index is 1.82. The number of esters is 1. The van der Waals surface area contributed by atoms with Crippen LogP contribution in [0.2, 0.25) is 0 Å². The minimum absolute atomic E-state index is 0.0204. The molecule has 2 rings (SSSR count). The third kappa shape index (κ3) is 5.84. The Hall–Kier alpha value is -2.09. The molecule has 0 N–H and O–H groups in total. The number of carbonyl (C=O) groups excluding carboxylic acids is 1. The van der Waals surface area contributed by atoms with E-state index >= 15 is 0 Å². The summed E-state index contributed by atoms with van der Waals surface area (Å²) in [6.07, 6.45) is 7.09. The molecule has 0 aliphatic rings. The maximum absolute atomic E-state index is 12.2. The van der Waals surface area contributed by atoms with E-state index in [9.17, 15) is 4.79 Å². The number of rotatable bonds is 9. The molecule has 2 nitrogen and oxygen atoms in total. The largest absolute Gasteiger partial charge is 0.459 e. The molecule has 0 aliphatic heterocycles. The molecular formula is C22H28O2. The van der Waals surface area contributed by atoms with Gasteiger partial charge in [-0.05, 0) is 43.0 Å². The molecule has 1 atom stereocenters. The van der Waals surface area contributed by atoms with Crippen molar-refractivity contribution in [2.45, 2.75) is 58.5 Å². The zero-order valence-electron chi connectivity index (χ0n) is 14.8. The average molecular weight is 324 g/mol. The van der Waals surface area contributed by atoms with Crippen molar-refractivity contribution in [1.29, 1.82) is 0 Å². The quantitative estimate of drug-likeness (QED) is 0.402. The van der Waals surface area contributed by atoms with E-state index in [1.807, 2.05) is 49.4 Å². The Kier molecular flexibility index (Phi) is 7.54. The summed E-state index contributed by atoms with van der Waals surface area (Å²) in [6.45, 7) is 4.20. The van der Waals surface area contributed by atoms with Crippen LogP contribution >= 0.6 is 0 Å². The van der Waals surface area contributed by atoms with Gasteiger partial charge in [0.05, 0.1) is 11.7 Å². The fraction of sp³-hybridized carbons (Fsp3) is 0.409. The van der Waals surface area contributed by atoms with E-state index in [2.05, 4.69) is 19.1 Å². The fourth-order valence-electron chi connectivity index (χ4n) is 2.77. The van der Waals surface area contributed by atoms with Crippen molar-refractivity contribution in [2.24, 2.45) is 0 Å². The maximum atomic E-state index is 12.2. The second-order valence-electron chi connectivity index (χ2n) is 6.36. The fourth-order valence-corrected chi connectivity index (χ4v) is 2.77. The third-order valence-electron chi connectivity index (χ3n) is 4.25. The molecule has 2 aromatic rings. The second-order valence-corrected chi connectivity index (χ2v) is 6.36. The number of unbranched alkanes of at least 4 members (excludes halogenated alkanes) is 4. The van der Waals surface area contributed by atoms with Crippen LogP contribution < -0.4 is 0 Å². The minimum atomic E-state index is -0.226. The normalized spacial score (nSPS) is 11.9. The van der Waals surface area contributed by atoms with Crippen molar-refractivity contribution in [1.82, 2.24) is 0 Å². The van der Waals surface area contributed by atoms with Gasteiger partial charge in [-0.15, -0.1) is 0 Å². The lowest BCUT2D eigenvalue weighted by atomic mass is 10.0. The Morgan fingerprint density at radius 3 is 2.17 bits per heavy atom. The summed E-state index contributed by atoms with van der Waals surface area (Å²) < 4.78 is 5.55. The highest BCUT2D eigenvalue weighted by atomic mass is 16.5. The van der Waals surface area contributed by atoms with Crippen LogP contribution in [-0.4, -0.2) is 12.1 Å². The molecule has 0 aliphatic carbocycles. The Labute approximate surface area is 145 Å². The lowest BCUT2D eigenvalue weighted by molar-refractivity contribution is 0.0319. The lowest BCUT2D eigenvalue weighted by Gasteiger charge is -2.13. The second kappa shape index (κ2) is 9.92. The summed E-state index contributed by atoms with van der Waals surface area (Å²) in [5.74, 6) is -0.226. The van der Waals surface area contributed by atoms with Crippen molar-refractivity contribution >= 4 is 5.97 Å². The molecule has 0 saturated carbocycles. The molecule has 0 spiro atoms. The van der Waals surface area contributed by atoms with Crippen molar-refractivity contribution in [3.05, 3.63) is 60.2 Å². The molecule has 0 fully saturated rings. The van der Waals surface area contributed by atoms with Crippen LogP contribution in [-0.2, 0) is 4.74 Å². The molecule has 128 valence electrons. The SMILES string of the molecule is CCCCCCC[C@@H](C)OC(=O)c1ccc(-c2ccccc2)cc1. The first-order chi connectivity index (χ1) is 11.7. The third-order valence-corrected chi connectivity index (χ3v) is 4.25. The molecule has 0 heterocycles. The van der Waals surface area contributed by atoms with E-state index in [-0.39, 0.29) is 12.1 Å². The van der Waals surface area contributed by atoms with Crippen molar-refractivity contribution in [3.63, 3.8) is 0 Å². The van der Waals surface area contributed by atoms with Crippen molar-refractivity contribution in [2.75, 3.05) is 0 Å². The van der Waals surface area contributed by atoms with Crippen LogP contribution in [0.1, 0.15) is 62.7 Å². The van der Waals surface area contributed by atoms with Crippen LogP contribution in [0.15, 0.2) is 54.6 Å². The van der Waals surface area contributed by atoms with E-state index in [4.69, 9.17) is 4.74 Å². The molecule has 0 amide bonds. The standard InChI is InChI=1S/C22H28O2/c1-3-4-5-6-8-11-18(2)24-22(23)21-16-14-20(15-17-21)19-12-9-7-10-13-19/h7,9-10,12-18H,3-6,8,11H2,1-2H3/t18-/m1/s1. The van der Waals surface area contributed by atoms with Crippen LogP contribution in [0.4, 0.5) is 0 Å². The van der Waals surface area contributed by atoms with E-state index in [1.54, 1.807) is 0 Å². The Bertz CT molecular complexity index is 602. The monoisotopic (exact) mass is 324 g/mol. The highest BCUT2D eigenvalue weighted by Gasteiger charge is 2.12. The first-order valence-corrected chi connectivity index (χ1v) is 9.07. The maximum Gasteiger partial charge on any atom is 0.338 e. The summed E-state index contributed by atoms with van der Waals surface area (Å²) in [5.41, 5.74) is 2.88. The summed E-state index contributed by atoms with van der Waals surface area (Å²) in [4.78, 5) is 12.2. The average Bonchev–Trinajstić information content (AvgIpc) is 2.62. The molecule has 0 saturated heterocycles. The van der Waals surface area contributed by atoms with Gasteiger partial charge in [0.2, 0.25) is 0 Å². The van der Waals surface area contributed by atoms with Gasteiger partial charge in [-0.1, -0.05) is 75.1 Å². The summed E-state index contributed by atoms with van der Waals surface area (Å²) >= 11 is 0. The first-order valence-electron chi connectivity index (χ1n) is 9.07. The van der Waals surface area contributed by atoms with Gasteiger partial charge in [0.1, 0.15) is 0 Å². The molecule has 0 bridgehead atoms. The highest BCUT2D eigenvalue weighted by Crippen LogP contribution is 2.20. The molecular weight excluding hydrogens is 296 g/mol. The van der Waals surface area contributed by atoms with Gasteiger partial charge in [-0.25, -0.2) is 4.79 Å². The van der Waals surface area contributed by atoms with E-state index in [0.717, 1.165) is 24.0 Å². The number of ether oxygens (including phenoxy) is 1. The lowest BCUT2D eigenvalue weighted by Crippen LogP contribution is -2.15. The predicted molar refractivity (Wildman–Crippen MR) is 100 cm³/mol. The van der Waals surface area contributed by atoms with E-state index < -0.39 is 0 Å². The van der Waals surface area contributed by atoms with Crippen LogP contribution in [0.5, 0.6) is 0 Å². The van der Waals surface area contributed by atoms with Gasteiger partial charge in [0, 0.05) is 0 Å². The van der Waals surface area contributed by atoms with E-state index in [1.165, 1.54) is 25.7 Å².